The SMILES string of the molecule is CC(C(=O)NC1CCCCC1)N(C(=O)CS(=O)CC(=O)Nc1ccc(F)cc1)C(C)(C)C. The minimum absolute atomic E-state index is 0.125. The first-order valence-corrected chi connectivity index (χ1v) is 12.5. The first kappa shape index (κ1) is 26.0. The van der Waals surface area contributed by atoms with Gasteiger partial charge in [0.2, 0.25) is 17.7 Å². The molecular weight excluding hydrogens is 433 g/mol. The first-order chi connectivity index (χ1) is 15.0. The Bertz CT molecular complexity index is 833. The Kier molecular flexibility index (Phi) is 9.36. The summed E-state index contributed by atoms with van der Waals surface area (Å²) in [5, 5.41) is 5.57. The molecule has 0 radical (unpaired) electrons. The predicted molar refractivity (Wildman–Crippen MR) is 124 cm³/mol. The zero-order valence-corrected chi connectivity index (χ0v) is 20.1. The van der Waals surface area contributed by atoms with Gasteiger partial charge in [0, 0.05) is 28.1 Å². The van der Waals surface area contributed by atoms with E-state index in [9.17, 15) is 23.0 Å². The van der Waals surface area contributed by atoms with E-state index in [1.807, 2.05) is 20.8 Å². The van der Waals surface area contributed by atoms with Crippen LogP contribution in [0.1, 0.15) is 59.8 Å². The van der Waals surface area contributed by atoms with Gasteiger partial charge in [-0.1, -0.05) is 19.3 Å². The molecule has 2 unspecified atom stereocenters. The van der Waals surface area contributed by atoms with Crippen LogP contribution in [0.25, 0.3) is 0 Å². The molecule has 1 aliphatic carbocycles. The Morgan fingerprint density at radius 3 is 2.25 bits per heavy atom. The first-order valence-electron chi connectivity index (χ1n) is 11.0. The number of carbonyl (C=O) groups excluding carboxylic acids is 3. The number of nitrogens with zero attached hydrogens (tertiary/aromatic N) is 1. The molecule has 2 atom stereocenters. The lowest BCUT2D eigenvalue weighted by molar-refractivity contribution is -0.143. The molecule has 1 aliphatic rings. The lowest BCUT2D eigenvalue weighted by atomic mass is 9.95. The van der Waals surface area contributed by atoms with Crippen LogP contribution in [-0.2, 0) is 25.2 Å². The number of hydrogen-bond donors (Lipinski definition) is 2. The van der Waals surface area contributed by atoms with Crippen molar-refractivity contribution in [1.82, 2.24) is 10.2 Å². The molecule has 0 aliphatic heterocycles. The molecule has 0 heterocycles. The molecule has 7 nitrogen and oxygen atoms in total. The van der Waals surface area contributed by atoms with Crippen molar-refractivity contribution in [3.05, 3.63) is 30.1 Å². The molecule has 0 spiro atoms. The third-order valence-corrected chi connectivity index (χ3v) is 6.57. The summed E-state index contributed by atoms with van der Waals surface area (Å²) in [5.41, 5.74) is -0.287. The zero-order chi connectivity index (χ0) is 23.9. The van der Waals surface area contributed by atoms with Crippen LogP contribution < -0.4 is 10.6 Å². The zero-order valence-electron chi connectivity index (χ0n) is 19.3. The molecule has 9 heteroatoms. The van der Waals surface area contributed by atoms with E-state index in [1.165, 1.54) is 35.6 Å². The fourth-order valence-electron chi connectivity index (χ4n) is 3.99. The molecule has 3 amide bonds. The van der Waals surface area contributed by atoms with Gasteiger partial charge in [-0.3, -0.25) is 18.6 Å². The average molecular weight is 468 g/mol. The minimum atomic E-state index is -1.76. The monoisotopic (exact) mass is 467 g/mol. The summed E-state index contributed by atoms with van der Waals surface area (Å²) < 4.78 is 25.5. The summed E-state index contributed by atoms with van der Waals surface area (Å²) >= 11 is 0. The Morgan fingerprint density at radius 1 is 1.09 bits per heavy atom. The molecule has 0 aromatic heterocycles. The summed E-state index contributed by atoms with van der Waals surface area (Å²) in [6, 6.07) is 4.60. The molecule has 32 heavy (non-hydrogen) atoms. The lowest BCUT2D eigenvalue weighted by Crippen LogP contribution is -2.58. The van der Waals surface area contributed by atoms with Crippen LogP contribution >= 0.6 is 0 Å². The highest BCUT2D eigenvalue weighted by Gasteiger charge is 2.36. The van der Waals surface area contributed by atoms with Crippen LogP contribution in [0.3, 0.4) is 0 Å². The fourth-order valence-corrected chi connectivity index (χ4v) is 4.87. The van der Waals surface area contributed by atoms with Crippen LogP contribution in [0.4, 0.5) is 10.1 Å². The topological polar surface area (TPSA) is 95.6 Å². The van der Waals surface area contributed by atoms with Crippen LogP contribution in [-0.4, -0.2) is 56.0 Å². The molecule has 1 fully saturated rings. The summed E-state index contributed by atoms with van der Waals surface area (Å²) in [6.07, 6.45) is 5.22. The average Bonchev–Trinajstić information content (AvgIpc) is 2.69. The maximum Gasteiger partial charge on any atom is 0.242 e. The quantitative estimate of drug-likeness (QED) is 0.614. The van der Waals surface area contributed by atoms with Crippen LogP contribution in [0.5, 0.6) is 0 Å². The highest BCUT2D eigenvalue weighted by atomic mass is 32.2. The number of amides is 3. The van der Waals surface area contributed by atoms with Crippen LogP contribution in [0.15, 0.2) is 24.3 Å². The lowest BCUT2D eigenvalue weighted by Gasteiger charge is -2.40. The summed E-state index contributed by atoms with van der Waals surface area (Å²) in [4.78, 5) is 39.4. The normalized spacial score (nSPS) is 16.7. The second-order valence-corrected chi connectivity index (χ2v) is 10.7. The van der Waals surface area contributed by atoms with Gasteiger partial charge in [0.15, 0.2) is 0 Å². The van der Waals surface area contributed by atoms with Crippen molar-refractivity contribution < 1.29 is 23.0 Å². The van der Waals surface area contributed by atoms with Crippen molar-refractivity contribution in [1.29, 1.82) is 0 Å². The number of rotatable bonds is 8. The molecule has 0 bridgehead atoms. The van der Waals surface area contributed by atoms with E-state index in [2.05, 4.69) is 10.6 Å². The van der Waals surface area contributed by atoms with E-state index in [-0.39, 0.29) is 23.5 Å². The van der Waals surface area contributed by atoms with E-state index < -0.39 is 40.0 Å². The van der Waals surface area contributed by atoms with Gasteiger partial charge in [0.1, 0.15) is 23.4 Å². The molecular formula is C23H34FN3O4S. The van der Waals surface area contributed by atoms with Gasteiger partial charge in [-0.2, -0.15) is 0 Å². The van der Waals surface area contributed by atoms with Gasteiger partial charge in [-0.05, 0) is 64.8 Å². The van der Waals surface area contributed by atoms with Gasteiger partial charge in [-0.25, -0.2) is 4.39 Å². The third-order valence-electron chi connectivity index (χ3n) is 5.41. The van der Waals surface area contributed by atoms with Gasteiger partial charge in [0.05, 0.1) is 0 Å². The van der Waals surface area contributed by atoms with E-state index in [0.29, 0.717) is 5.69 Å². The van der Waals surface area contributed by atoms with E-state index >= 15 is 0 Å². The third kappa shape index (κ3) is 8.00. The number of anilines is 1. The van der Waals surface area contributed by atoms with Crippen molar-refractivity contribution in [3.8, 4) is 0 Å². The summed E-state index contributed by atoms with van der Waals surface area (Å²) in [7, 11) is -1.76. The Balaban J connectivity index is 1.95. The summed E-state index contributed by atoms with van der Waals surface area (Å²) in [5.74, 6) is -2.37. The van der Waals surface area contributed by atoms with Crippen molar-refractivity contribution in [2.75, 3.05) is 16.8 Å². The number of hydrogen-bond acceptors (Lipinski definition) is 4. The van der Waals surface area contributed by atoms with Gasteiger partial charge in [0.25, 0.3) is 0 Å². The number of carbonyl (C=O) groups is 3. The van der Waals surface area contributed by atoms with Gasteiger partial charge in [-0.15, -0.1) is 0 Å². The van der Waals surface area contributed by atoms with Crippen molar-refractivity contribution in [3.63, 3.8) is 0 Å². The largest absolute Gasteiger partial charge is 0.352 e. The smallest absolute Gasteiger partial charge is 0.242 e. The molecule has 2 N–H and O–H groups in total. The van der Waals surface area contributed by atoms with E-state index in [4.69, 9.17) is 0 Å². The Hall–Kier alpha value is -2.29. The molecule has 178 valence electrons. The highest BCUT2D eigenvalue weighted by Crippen LogP contribution is 2.21. The Labute approximate surface area is 192 Å². The van der Waals surface area contributed by atoms with E-state index in [0.717, 1.165) is 25.7 Å². The predicted octanol–water partition coefficient (Wildman–Crippen LogP) is 2.98. The van der Waals surface area contributed by atoms with E-state index in [1.54, 1.807) is 6.92 Å². The van der Waals surface area contributed by atoms with Crippen LogP contribution in [0.2, 0.25) is 0 Å². The number of benzene rings is 1. The molecule has 1 saturated carbocycles. The van der Waals surface area contributed by atoms with Gasteiger partial charge < -0.3 is 15.5 Å². The molecule has 2 rings (SSSR count). The Morgan fingerprint density at radius 2 is 1.69 bits per heavy atom. The van der Waals surface area contributed by atoms with Crippen molar-refractivity contribution >= 4 is 34.2 Å². The molecule has 1 aromatic carbocycles. The number of nitrogens with one attached hydrogen (secondary N) is 2. The second kappa shape index (κ2) is 11.5. The second-order valence-electron chi connectivity index (χ2n) is 9.24. The van der Waals surface area contributed by atoms with Gasteiger partial charge >= 0.3 is 0 Å². The molecule has 0 saturated heterocycles. The van der Waals surface area contributed by atoms with Crippen LogP contribution in [0, 0.1) is 5.82 Å². The maximum atomic E-state index is 13.0. The molecule has 1 aromatic rings. The van der Waals surface area contributed by atoms with Crippen molar-refractivity contribution in [2.24, 2.45) is 0 Å². The highest BCUT2D eigenvalue weighted by molar-refractivity contribution is 7.86. The minimum Gasteiger partial charge on any atom is -0.352 e. The maximum absolute atomic E-state index is 13.0. The fraction of sp³-hybridized carbons (Fsp3) is 0.609. The number of halogens is 1. The standard InChI is InChI=1S/C23H34FN3O4S/c1-16(22(30)26-18-8-6-5-7-9-18)27(23(2,3)4)21(29)15-32(31)14-20(28)25-19-12-10-17(24)11-13-19/h10-13,16,18H,5-9,14-15H2,1-4H3,(H,25,28)(H,26,30). The summed E-state index contributed by atoms with van der Waals surface area (Å²) in [6.45, 7) is 7.13. The van der Waals surface area contributed by atoms with Crippen molar-refractivity contribution in [2.45, 2.75) is 77.4 Å².